The highest BCUT2D eigenvalue weighted by molar-refractivity contribution is 6.75. The molecular weight excluding hydrogens is 461 g/mol. The Kier molecular flexibility index (Phi) is 7.97. The molecular formula is C24H46N2O2Si4. The fourth-order valence-electron chi connectivity index (χ4n) is 4.13. The van der Waals surface area contributed by atoms with Gasteiger partial charge in [-0.05, 0) is 62.6 Å². The van der Waals surface area contributed by atoms with E-state index >= 15 is 0 Å². The van der Waals surface area contributed by atoms with Crippen molar-refractivity contribution in [2.75, 3.05) is 0 Å². The van der Waals surface area contributed by atoms with Gasteiger partial charge in [0.1, 0.15) is 22.1 Å². The second-order valence-electron chi connectivity index (χ2n) is 13.0. The molecule has 0 radical (unpaired) electrons. The molecule has 1 aliphatic rings. The van der Waals surface area contributed by atoms with E-state index in [1.807, 2.05) is 0 Å². The summed E-state index contributed by atoms with van der Waals surface area (Å²) >= 11 is 0. The lowest BCUT2D eigenvalue weighted by Crippen LogP contribution is -2.81. The van der Waals surface area contributed by atoms with Gasteiger partial charge in [0.05, 0.1) is 0 Å². The monoisotopic (exact) mass is 506 g/mol. The van der Waals surface area contributed by atoms with Crippen LogP contribution < -0.4 is 9.96 Å². The highest BCUT2D eigenvalue weighted by Crippen LogP contribution is 2.42. The summed E-state index contributed by atoms with van der Waals surface area (Å²) < 4.78 is 14.3. The summed E-state index contributed by atoms with van der Waals surface area (Å²) in [6.07, 6.45) is 6.81. The minimum Gasteiger partial charge on any atom is -0.386 e. The molecule has 0 saturated heterocycles. The first kappa shape index (κ1) is 27.7. The van der Waals surface area contributed by atoms with E-state index in [9.17, 15) is 0 Å². The summed E-state index contributed by atoms with van der Waals surface area (Å²) in [5, 5.41) is 0. The van der Waals surface area contributed by atoms with E-state index in [0.29, 0.717) is 0 Å². The SMILES string of the molecule is C[Si](C)(C)NC1(N[Si](C)(C)C)C=CC(c2ccccc2)=CC1(O[Si](C)(C)C)O[Si](C)(C)C. The smallest absolute Gasteiger partial charge is 0.205 e. The summed E-state index contributed by atoms with van der Waals surface area (Å²) in [7, 11) is -7.55. The first-order chi connectivity index (χ1) is 14.3. The molecule has 2 N–H and O–H groups in total. The largest absolute Gasteiger partial charge is 0.386 e. The number of benzene rings is 1. The van der Waals surface area contributed by atoms with Crippen LogP contribution in [-0.2, 0) is 8.85 Å². The molecule has 0 bridgehead atoms. The van der Waals surface area contributed by atoms with Crippen LogP contribution in [0.25, 0.3) is 5.57 Å². The number of hydrogen-bond donors (Lipinski definition) is 2. The molecule has 32 heavy (non-hydrogen) atoms. The number of allylic oxidation sites excluding steroid dienone is 2. The highest BCUT2D eigenvalue weighted by Gasteiger charge is 2.58. The number of rotatable bonds is 9. The third-order valence-electron chi connectivity index (χ3n) is 4.58. The molecule has 0 fully saturated rings. The summed E-state index contributed by atoms with van der Waals surface area (Å²) in [5.74, 6) is -0.928. The lowest BCUT2D eigenvalue weighted by atomic mass is 9.89. The van der Waals surface area contributed by atoms with Crippen LogP contribution in [0.2, 0.25) is 78.6 Å². The average Bonchev–Trinajstić information content (AvgIpc) is 2.52. The van der Waals surface area contributed by atoms with Gasteiger partial charge in [-0.1, -0.05) is 75.7 Å². The van der Waals surface area contributed by atoms with Crippen LogP contribution in [0.15, 0.2) is 48.6 Å². The molecule has 8 heteroatoms. The Morgan fingerprint density at radius 1 is 0.656 bits per heavy atom. The van der Waals surface area contributed by atoms with Crippen LogP contribution in [0.4, 0.5) is 0 Å². The first-order valence-electron chi connectivity index (χ1n) is 11.7. The zero-order valence-electron chi connectivity index (χ0n) is 22.4. The molecule has 4 nitrogen and oxygen atoms in total. The van der Waals surface area contributed by atoms with E-state index in [1.165, 1.54) is 5.56 Å². The summed E-state index contributed by atoms with van der Waals surface area (Å²) in [4.78, 5) is 8.12. The van der Waals surface area contributed by atoms with Gasteiger partial charge in [-0.3, -0.25) is 0 Å². The maximum Gasteiger partial charge on any atom is 0.205 e. The van der Waals surface area contributed by atoms with Crippen molar-refractivity contribution in [3.05, 3.63) is 54.1 Å². The maximum atomic E-state index is 7.15. The van der Waals surface area contributed by atoms with Crippen molar-refractivity contribution < 1.29 is 8.85 Å². The minimum atomic E-state index is -2.02. The highest BCUT2D eigenvalue weighted by atomic mass is 28.4. The molecule has 0 spiro atoms. The van der Waals surface area contributed by atoms with Gasteiger partial charge in [0.15, 0.2) is 16.6 Å². The Labute approximate surface area is 201 Å². The van der Waals surface area contributed by atoms with Gasteiger partial charge in [0, 0.05) is 0 Å². The van der Waals surface area contributed by atoms with Gasteiger partial charge < -0.3 is 18.8 Å². The van der Waals surface area contributed by atoms with Gasteiger partial charge in [0.25, 0.3) is 0 Å². The van der Waals surface area contributed by atoms with Crippen LogP contribution >= 0.6 is 0 Å². The average molecular weight is 507 g/mol. The van der Waals surface area contributed by atoms with Crippen LogP contribution in [0.1, 0.15) is 5.56 Å². The Bertz CT molecular complexity index is 810. The molecule has 1 aromatic rings. The minimum absolute atomic E-state index is 0.624. The van der Waals surface area contributed by atoms with Crippen molar-refractivity contribution >= 4 is 38.7 Å². The van der Waals surface area contributed by atoms with Crippen molar-refractivity contribution in [1.82, 2.24) is 9.96 Å². The van der Waals surface area contributed by atoms with Crippen LogP contribution in [-0.4, -0.2) is 44.6 Å². The Morgan fingerprint density at radius 3 is 1.47 bits per heavy atom. The fraction of sp³-hybridized carbons (Fsp3) is 0.583. The summed E-state index contributed by atoms with van der Waals surface area (Å²) in [5.41, 5.74) is 1.70. The second-order valence-corrected chi connectivity index (χ2v) is 31.3. The lowest BCUT2D eigenvalue weighted by molar-refractivity contribution is -0.136. The Hall–Kier alpha value is -0.592. The van der Waals surface area contributed by atoms with Gasteiger partial charge >= 0.3 is 0 Å². The predicted molar refractivity (Wildman–Crippen MR) is 151 cm³/mol. The molecule has 0 amide bonds. The summed E-state index contributed by atoms with van der Waals surface area (Å²) in [6.45, 7) is 27.6. The Balaban J connectivity index is 2.86. The zero-order chi connectivity index (χ0) is 24.6. The molecule has 0 heterocycles. The third-order valence-corrected chi connectivity index (χ3v) is 8.70. The van der Waals surface area contributed by atoms with E-state index < -0.39 is 44.6 Å². The van der Waals surface area contributed by atoms with Gasteiger partial charge in [-0.15, -0.1) is 0 Å². The first-order valence-corrected chi connectivity index (χ1v) is 25.5. The number of hydrogen-bond acceptors (Lipinski definition) is 4. The molecule has 1 aliphatic carbocycles. The van der Waals surface area contributed by atoms with E-state index in [1.54, 1.807) is 0 Å². The van der Waals surface area contributed by atoms with Gasteiger partial charge in [-0.25, -0.2) is 0 Å². The molecule has 180 valence electrons. The van der Waals surface area contributed by atoms with E-state index in [0.717, 1.165) is 5.57 Å². The zero-order valence-corrected chi connectivity index (χ0v) is 26.4. The molecule has 1 aromatic carbocycles. The topological polar surface area (TPSA) is 42.5 Å². The van der Waals surface area contributed by atoms with Crippen LogP contribution in [0, 0.1) is 0 Å². The molecule has 2 rings (SSSR count). The lowest BCUT2D eigenvalue weighted by Gasteiger charge is -2.57. The van der Waals surface area contributed by atoms with E-state index in [2.05, 4.69) is 137 Å². The number of nitrogens with one attached hydrogen (secondary N) is 2. The summed E-state index contributed by atoms with van der Waals surface area (Å²) in [6, 6.07) is 10.6. The molecule has 0 atom stereocenters. The second kappa shape index (κ2) is 9.22. The van der Waals surface area contributed by atoms with Crippen molar-refractivity contribution in [2.45, 2.75) is 90.0 Å². The molecule has 0 unspecified atom stereocenters. The molecule has 0 aromatic heterocycles. The quantitative estimate of drug-likeness (QED) is 0.293. The Morgan fingerprint density at radius 2 is 1.09 bits per heavy atom. The van der Waals surface area contributed by atoms with E-state index in [4.69, 9.17) is 8.85 Å². The normalized spacial score (nSPS) is 19.1. The third kappa shape index (κ3) is 7.73. The predicted octanol–water partition coefficient (Wildman–Crippen LogP) is 6.58. The van der Waals surface area contributed by atoms with Gasteiger partial charge in [0.2, 0.25) is 5.79 Å². The molecule has 0 aliphatic heterocycles. The standard InChI is InChI=1S/C24H46N2O2Si4/c1-29(2,3)25-23(26-30(4,5)6)19-18-22(21-16-14-13-15-17-21)20-24(23,27-31(7,8)9)28-32(10,11)12/h13-20,25-26H,1-12H3. The maximum absolute atomic E-state index is 7.15. The van der Waals surface area contributed by atoms with E-state index in [-0.39, 0.29) is 0 Å². The van der Waals surface area contributed by atoms with Crippen molar-refractivity contribution in [1.29, 1.82) is 0 Å². The molecule has 0 saturated carbocycles. The van der Waals surface area contributed by atoms with Crippen LogP contribution in [0.3, 0.4) is 0 Å². The fourth-order valence-corrected chi connectivity index (χ4v) is 9.69. The van der Waals surface area contributed by atoms with Crippen LogP contribution in [0.5, 0.6) is 0 Å². The van der Waals surface area contributed by atoms with Gasteiger partial charge in [-0.2, -0.15) is 0 Å². The van der Waals surface area contributed by atoms with Crippen molar-refractivity contribution in [3.8, 4) is 0 Å². The van der Waals surface area contributed by atoms with Crippen molar-refractivity contribution in [2.24, 2.45) is 0 Å². The van der Waals surface area contributed by atoms with Crippen molar-refractivity contribution in [3.63, 3.8) is 0 Å².